The highest BCUT2D eigenvalue weighted by Crippen LogP contribution is 2.30. The van der Waals surface area contributed by atoms with Gasteiger partial charge in [0.25, 0.3) is 0 Å². The minimum atomic E-state index is -4.89. The molecule has 0 unspecified atom stereocenters. The van der Waals surface area contributed by atoms with Crippen molar-refractivity contribution in [2.45, 2.75) is 39.7 Å². The number of piperazine rings is 1. The minimum absolute atomic E-state index is 0.0434. The molecule has 1 aromatic rings. The van der Waals surface area contributed by atoms with Crippen LogP contribution in [0.4, 0.5) is 23.7 Å². The summed E-state index contributed by atoms with van der Waals surface area (Å²) in [5, 5.41) is 0. The highest BCUT2D eigenvalue weighted by atomic mass is 19.4. The van der Waals surface area contributed by atoms with Crippen molar-refractivity contribution in [3.8, 4) is 5.75 Å². The molecule has 1 aromatic carbocycles. The Morgan fingerprint density at radius 3 is 2.17 bits per heavy atom. The zero-order chi connectivity index (χ0) is 21.8. The lowest BCUT2D eigenvalue weighted by molar-refractivity contribution is -0.274. The number of hydrogen-bond acceptors (Lipinski definition) is 6. The van der Waals surface area contributed by atoms with Crippen LogP contribution in [0.3, 0.4) is 0 Å². The van der Waals surface area contributed by atoms with Crippen LogP contribution in [0.1, 0.15) is 38.1 Å². The Hall–Kier alpha value is -2.65. The number of halogens is 3. The first kappa shape index (κ1) is 22.6. The van der Waals surface area contributed by atoms with E-state index in [0.29, 0.717) is 31.9 Å². The second kappa shape index (κ2) is 8.79. The topological polar surface area (TPSA) is 68.3 Å². The second-order valence-corrected chi connectivity index (χ2v) is 7.44. The largest absolute Gasteiger partial charge is 0.573 e. The van der Waals surface area contributed by atoms with Crippen molar-refractivity contribution in [2.24, 2.45) is 0 Å². The van der Waals surface area contributed by atoms with Gasteiger partial charge in [0.15, 0.2) is 0 Å². The van der Waals surface area contributed by atoms with Crippen LogP contribution in [0.25, 0.3) is 0 Å². The van der Waals surface area contributed by atoms with Gasteiger partial charge in [-0.25, -0.2) is 9.59 Å². The lowest BCUT2D eigenvalue weighted by atomic mass is 10.1. The number of rotatable bonds is 4. The molecule has 0 atom stereocenters. The van der Waals surface area contributed by atoms with E-state index in [1.54, 1.807) is 32.6 Å². The van der Waals surface area contributed by atoms with E-state index in [4.69, 9.17) is 9.47 Å². The van der Waals surface area contributed by atoms with Gasteiger partial charge in [-0.1, -0.05) is 0 Å². The summed E-state index contributed by atoms with van der Waals surface area (Å²) in [5.41, 5.74) is -0.289. The van der Waals surface area contributed by atoms with Crippen molar-refractivity contribution in [3.05, 3.63) is 23.8 Å². The molecule has 0 radical (unpaired) electrons. The highest BCUT2D eigenvalue weighted by Gasteiger charge is 2.32. The molecule has 7 nitrogen and oxygen atoms in total. The Morgan fingerprint density at radius 2 is 1.66 bits per heavy atom. The lowest BCUT2D eigenvalue weighted by Crippen LogP contribution is -2.50. The Bertz CT molecular complexity index is 738. The number of esters is 1. The van der Waals surface area contributed by atoms with Gasteiger partial charge in [-0.05, 0) is 39.8 Å². The maximum Gasteiger partial charge on any atom is 0.573 e. The van der Waals surface area contributed by atoms with Crippen molar-refractivity contribution >= 4 is 17.7 Å². The van der Waals surface area contributed by atoms with E-state index in [1.807, 2.05) is 0 Å². The third-order valence-electron chi connectivity index (χ3n) is 3.93. The number of amides is 1. The molecule has 10 heteroatoms. The number of ether oxygens (including phenoxy) is 3. The smallest absolute Gasteiger partial charge is 0.462 e. The molecule has 0 saturated carbocycles. The molecular formula is C19H25F3N2O5. The first-order chi connectivity index (χ1) is 13.4. The molecule has 1 amide bonds. The molecule has 29 heavy (non-hydrogen) atoms. The van der Waals surface area contributed by atoms with Gasteiger partial charge in [0.1, 0.15) is 11.4 Å². The van der Waals surface area contributed by atoms with Gasteiger partial charge >= 0.3 is 18.4 Å². The predicted molar refractivity (Wildman–Crippen MR) is 99.1 cm³/mol. The molecular weight excluding hydrogens is 393 g/mol. The van der Waals surface area contributed by atoms with E-state index >= 15 is 0 Å². The van der Waals surface area contributed by atoms with E-state index in [-0.39, 0.29) is 12.2 Å². The molecule has 0 aromatic heterocycles. The maximum absolute atomic E-state index is 12.7. The normalized spacial score (nSPS) is 15.1. The molecule has 1 heterocycles. The molecule has 1 saturated heterocycles. The predicted octanol–water partition coefficient (Wildman–Crippen LogP) is 3.82. The average Bonchev–Trinajstić information content (AvgIpc) is 2.59. The number of carbonyl (C=O) groups is 2. The van der Waals surface area contributed by atoms with Crippen LogP contribution in [0.15, 0.2) is 18.2 Å². The number of alkyl halides is 3. The van der Waals surface area contributed by atoms with Gasteiger partial charge in [-0.15, -0.1) is 13.2 Å². The van der Waals surface area contributed by atoms with Crippen LogP contribution in [0, 0.1) is 0 Å². The Kier molecular flexibility index (Phi) is 6.86. The highest BCUT2D eigenvalue weighted by molar-refractivity contribution is 5.91. The average molecular weight is 418 g/mol. The first-order valence-corrected chi connectivity index (χ1v) is 9.19. The molecule has 2 rings (SSSR count). The van der Waals surface area contributed by atoms with Crippen molar-refractivity contribution in [2.75, 3.05) is 37.7 Å². The third kappa shape index (κ3) is 7.03. The summed E-state index contributed by atoms with van der Waals surface area (Å²) in [6, 6.07) is 3.65. The summed E-state index contributed by atoms with van der Waals surface area (Å²) in [5.74, 6) is -1.25. The van der Waals surface area contributed by atoms with E-state index in [9.17, 15) is 22.8 Å². The number of anilines is 1. The van der Waals surface area contributed by atoms with Gasteiger partial charge in [-0.3, -0.25) is 0 Å². The second-order valence-electron chi connectivity index (χ2n) is 7.44. The Balaban J connectivity index is 2.17. The summed E-state index contributed by atoms with van der Waals surface area (Å²) in [7, 11) is 0. The van der Waals surface area contributed by atoms with Gasteiger partial charge < -0.3 is 24.0 Å². The van der Waals surface area contributed by atoms with Crippen LogP contribution in [-0.2, 0) is 9.47 Å². The van der Waals surface area contributed by atoms with Crippen molar-refractivity contribution in [3.63, 3.8) is 0 Å². The SMILES string of the molecule is CCOC(=O)c1cc(OC(F)(F)F)cc(N2CCN(C(=O)OC(C)(C)C)CC2)c1. The van der Waals surface area contributed by atoms with Crippen molar-refractivity contribution < 1.29 is 37.0 Å². The zero-order valence-corrected chi connectivity index (χ0v) is 16.8. The van der Waals surface area contributed by atoms with E-state index in [1.165, 1.54) is 17.0 Å². The summed E-state index contributed by atoms with van der Waals surface area (Å²) < 4.78 is 52.2. The fourth-order valence-electron chi connectivity index (χ4n) is 2.76. The molecule has 0 N–H and O–H groups in total. The fraction of sp³-hybridized carbons (Fsp3) is 0.579. The van der Waals surface area contributed by atoms with E-state index in [2.05, 4.69) is 4.74 Å². The Labute approximate surface area is 167 Å². The lowest BCUT2D eigenvalue weighted by Gasteiger charge is -2.37. The first-order valence-electron chi connectivity index (χ1n) is 9.19. The maximum atomic E-state index is 12.7. The quantitative estimate of drug-likeness (QED) is 0.693. The van der Waals surface area contributed by atoms with Crippen molar-refractivity contribution in [1.82, 2.24) is 4.90 Å². The summed E-state index contributed by atoms with van der Waals surface area (Å²) in [4.78, 5) is 27.5. The van der Waals surface area contributed by atoms with Gasteiger partial charge in [0, 0.05) is 37.9 Å². The molecule has 0 spiro atoms. The summed E-state index contributed by atoms with van der Waals surface area (Å²) in [6.45, 7) is 8.37. The third-order valence-corrected chi connectivity index (χ3v) is 3.93. The Morgan fingerprint density at radius 1 is 1.03 bits per heavy atom. The number of benzene rings is 1. The van der Waals surface area contributed by atoms with Crippen LogP contribution in [0.2, 0.25) is 0 Å². The number of carbonyl (C=O) groups excluding carboxylic acids is 2. The fourth-order valence-corrected chi connectivity index (χ4v) is 2.76. The number of hydrogen-bond donors (Lipinski definition) is 0. The molecule has 0 aliphatic carbocycles. The molecule has 1 aliphatic rings. The van der Waals surface area contributed by atoms with Crippen LogP contribution >= 0.6 is 0 Å². The summed E-state index contributed by atoms with van der Waals surface area (Å²) in [6.07, 6.45) is -5.33. The van der Waals surface area contributed by atoms with Gasteiger partial charge in [0.05, 0.1) is 12.2 Å². The monoisotopic (exact) mass is 418 g/mol. The number of nitrogens with zero attached hydrogens (tertiary/aromatic N) is 2. The molecule has 1 fully saturated rings. The van der Waals surface area contributed by atoms with E-state index < -0.39 is 29.8 Å². The standard InChI is InChI=1S/C19H25F3N2O5/c1-5-27-16(25)13-10-14(12-15(11-13)28-19(20,21)22)23-6-8-24(9-7-23)17(26)29-18(2,3)4/h10-12H,5-9H2,1-4H3. The van der Waals surface area contributed by atoms with Gasteiger partial charge in [-0.2, -0.15) is 0 Å². The van der Waals surface area contributed by atoms with Crippen LogP contribution in [0.5, 0.6) is 5.75 Å². The van der Waals surface area contributed by atoms with E-state index in [0.717, 1.165) is 6.07 Å². The summed E-state index contributed by atoms with van der Waals surface area (Å²) >= 11 is 0. The van der Waals surface area contributed by atoms with Gasteiger partial charge in [0.2, 0.25) is 0 Å². The van der Waals surface area contributed by atoms with Crippen molar-refractivity contribution in [1.29, 1.82) is 0 Å². The minimum Gasteiger partial charge on any atom is -0.462 e. The molecule has 1 aliphatic heterocycles. The van der Waals surface area contributed by atoms with Crippen LogP contribution in [-0.4, -0.2) is 61.7 Å². The zero-order valence-electron chi connectivity index (χ0n) is 16.8. The molecule has 162 valence electrons. The molecule has 0 bridgehead atoms. The van der Waals surface area contributed by atoms with Crippen LogP contribution < -0.4 is 9.64 Å².